The lowest BCUT2D eigenvalue weighted by Gasteiger charge is -2.04. The molecule has 0 saturated carbocycles. The number of rotatable bonds is 2. The van der Waals surface area contributed by atoms with E-state index >= 15 is 0 Å². The van der Waals surface area contributed by atoms with Gasteiger partial charge in [0.15, 0.2) is 0 Å². The van der Waals surface area contributed by atoms with Gasteiger partial charge in [-0.1, -0.05) is 30.3 Å². The van der Waals surface area contributed by atoms with Crippen molar-refractivity contribution in [3.63, 3.8) is 0 Å². The minimum Gasteiger partial charge on any atom is -0.204 e. The average molecular weight is 145 g/mol. The van der Waals surface area contributed by atoms with Crippen molar-refractivity contribution < 1.29 is 0 Å². The van der Waals surface area contributed by atoms with Crippen LogP contribution < -0.4 is 5.32 Å². The van der Waals surface area contributed by atoms with Gasteiger partial charge in [0, 0.05) is 0 Å². The fraction of sp³-hybridized carbons (Fsp3) is 0.222. The van der Waals surface area contributed by atoms with Crippen LogP contribution in [0.5, 0.6) is 0 Å². The van der Waals surface area contributed by atoms with Crippen LogP contribution in [0.15, 0.2) is 30.3 Å². The zero-order chi connectivity index (χ0) is 8.10. The van der Waals surface area contributed by atoms with Gasteiger partial charge in [-0.15, -0.1) is 0 Å². The number of hydrogen-bond acceptors (Lipinski definition) is 1. The third-order valence-electron chi connectivity index (χ3n) is 1.53. The predicted octanol–water partition coefficient (Wildman–Crippen LogP) is 1.83. The summed E-state index contributed by atoms with van der Waals surface area (Å²) >= 11 is 0. The van der Waals surface area contributed by atoms with Gasteiger partial charge in [0.2, 0.25) is 6.19 Å². The summed E-state index contributed by atoms with van der Waals surface area (Å²) in [5.41, 5.74) is 1.08. The summed E-state index contributed by atoms with van der Waals surface area (Å²) in [7, 11) is 0. The van der Waals surface area contributed by atoms with Crippen LogP contribution in [0.2, 0.25) is 0 Å². The Morgan fingerprint density at radius 1 is 1.36 bits per heavy atom. The van der Waals surface area contributed by atoms with E-state index in [2.05, 4.69) is 5.32 Å². The Morgan fingerprint density at radius 2 is 2.00 bits per heavy atom. The highest BCUT2D eigenvalue weighted by Gasteiger charge is 2.02. The minimum absolute atomic E-state index is 0.0128. The van der Waals surface area contributed by atoms with Crippen molar-refractivity contribution in [1.29, 1.82) is 5.26 Å². The number of nitriles is 1. The van der Waals surface area contributed by atoms with Gasteiger partial charge in [-0.2, -0.15) is 5.26 Å². The fourth-order valence-corrected chi connectivity index (χ4v) is 0.893. The van der Waals surface area contributed by atoms with Crippen molar-refractivity contribution in [3.8, 4) is 6.19 Å². The zero-order valence-corrected chi connectivity index (χ0v) is 6.36. The molecule has 1 aromatic rings. The molecule has 1 atom stereocenters. The first-order chi connectivity index (χ1) is 5.34. The third-order valence-corrected chi connectivity index (χ3v) is 1.53. The second kappa shape index (κ2) is 3.62. The third kappa shape index (κ3) is 1.98. The largest absolute Gasteiger partial charge is 0.204 e. The highest BCUT2D eigenvalue weighted by atomic mass is 14.9. The molecule has 1 unspecified atom stereocenters. The second-order valence-electron chi connectivity index (χ2n) is 2.32. The molecule has 0 N–H and O–H groups in total. The standard InChI is InChI=1S/C9H9N2/c1-8(11-7-10)9-5-3-2-4-6-9/h2-6,8H,1H3. The highest BCUT2D eigenvalue weighted by molar-refractivity contribution is 5.18. The van der Waals surface area contributed by atoms with Gasteiger partial charge in [-0.25, -0.2) is 5.32 Å². The molecule has 1 aromatic carbocycles. The Labute approximate surface area is 66.5 Å². The van der Waals surface area contributed by atoms with E-state index in [1.54, 1.807) is 6.19 Å². The molecule has 2 nitrogen and oxygen atoms in total. The SMILES string of the molecule is CC([N]C#N)c1ccccc1. The average Bonchev–Trinajstić information content (AvgIpc) is 2.07. The molecule has 0 heterocycles. The molecule has 55 valence electrons. The van der Waals surface area contributed by atoms with E-state index in [0.29, 0.717) is 0 Å². The van der Waals surface area contributed by atoms with Crippen LogP contribution in [0.1, 0.15) is 18.5 Å². The Balaban J connectivity index is 2.70. The van der Waals surface area contributed by atoms with Crippen molar-refractivity contribution >= 4 is 0 Å². The summed E-state index contributed by atoms with van der Waals surface area (Å²) in [6.07, 6.45) is 1.79. The van der Waals surface area contributed by atoms with Crippen LogP contribution in [0, 0.1) is 11.5 Å². The smallest absolute Gasteiger partial charge is 0.201 e. The second-order valence-corrected chi connectivity index (χ2v) is 2.32. The normalized spacial score (nSPS) is 11.6. The molecule has 0 aliphatic heterocycles. The van der Waals surface area contributed by atoms with Gasteiger partial charge < -0.3 is 0 Å². The maximum Gasteiger partial charge on any atom is 0.201 e. The molecule has 11 heavy (non-hydrogen) atoms. The Morgan fingerprint density at radius 3 is 2.55 bits per heavy atom. The van der Waals surface area contributed by atoms with Crippen LogP contribution in [0.3, 0.4) is 0 Å². The molecule has 0 aromatic heterocycles. The van der Waals surface area contributed by atoms with Crippen LogP contribution in [-0.4, -0.2) is 0 Å². The summed E-state index contributed by atoms with van der Waals surface area (Å²) < 4.78 is 0. The van der Waals surface area contributed by atoms with Gasteiger partial charge >= 0.3 is 0 Å². The molecule has 2 heteroatoms. The number of nitrogens with zero attached hydrogens (tertiary/aromatic N) is 2. The summed E-state index contributed by atoms with van der Waals surface area (Å²) in [5.74, 6) is 0. The molecule has 1 radical (unpaired) electrons. The molecule has 0 spiro atoms. The van der Waals surface area contributed by atoms with Gasteiger partial charge in [-0.05, 0) is 12.5 Å². The highest BCUT2D eigenvalue weighted by Crippen LogP contribution is 2.10. The Bertz CT molecular complexity index is 248. The van der Waals surface area contributed by atoms with Gasteiger partial charge in [0.25, 0.3) is 0 Å². The molecule has 0 amide bonds. The number of benzene rings is 1. The predicted molar refractivity (Wildman–Crippen MR) is 42.6 cm³/mol. The van der Waals surface area contributed by atoms with E-state index in [0.717, 1.165) is 5.56 Å². The summed E-state index contributed by atoms with van der Waals surface area (Å²) in [6.45, 7) is 1.90. The summed E-state index contributed by atoms with van der Waals surface area (Å²) in [4.78, 5) is 0. The first-order valence-corrected chi connectivity index (χ1v) is 3.48. The molecular formula is C9H9N2. The lowest BCUT2D eigenvalue weighted by atomic mass is 10.1. The molecule has 0 aliphatic rings. The van der Waals surface area contributed by atoms with Crippen molar-refractivity contribution in [2.45, 2.75) is 13.0 Å². The van der Waals surface area contributed by atoms with Gasteiger partial charge in [0.05, 0.1) is 6.04 Å². The zero-order valence-electron chi connectivity index (χ0n) is 6.36. The molecular weight excluding hydrogens is 136 g/mol. The number of hydrogen-bond donors (Lipinski definition) is 0. The van der Waals surface area contributed by atoms with Crippen molar-refractivity contribution in [2.24, 2.45) is 0 Å². The summed E-state index contributed by atoms with van der Waals surface area (Å²) in [5, 5.41) is 12.0. The van der Waals surface area contributed by atoms with Crippen LogP contribution in [-0.2, 0) is 0 Å². The summed E-state index contributed by atoms with van der Waals surface area (Å²) in [6, 6.07) is 9.75. The minimum atomic E-state index is -0.0128. The van der Waals surface area contributed by atoms with E-state index in [9.17, 15) is 0 Å². The maximum absolute atomic E-state index is 8.28. The topological polar surface area (TPSA) is 37.9 Å². The molecule has 0 aliphatic carbocycles. The lowest BCUT2D eigenvalue weighted by molar-refractivity contribution is 0.685. The van der Waals surface area contributed by atoms with E-state index in [4.69, 9.17) is 5.26 Å². The van der Waals surface area contributed by atoms with E-state index in [-0.39, 0.29) is 6.04 Å². The molecule has 0 fully saturated rings. The first-order valence-electron chi connectivity index (χ1n) is 3.48. The van der Waals surface area contributed by atoms with Crippen molar-refractivity contribution in [3.05, 3.63) is 35.9 Å². The van der Waals surface area contributed by atoms with Crippen molar-refractivity contribution in [2.75, 3.05) is 0 Å². The first kappa shape index (κ1) is 7.62. The maximum atomic E-state index is 8.28. The van der Waals surface area contributed by atoms with Gasteiger partial charge in [0.1, 0.15) is 0 Å². The van der Waals surface area contributed by atoms with E-state index in [1.165, 1.54) is 0 Å². The fourth-order valence-electron chi connectivity index (χ4n) is 0.893. The van der Waals surface area contributed by atoms with Crippen LogP contribution in [0.4, 0.5) is 0 Å². The van der Waals surface area contributed by atoms with Gasteiger partial charge in [-0.3, -0.25) is 0 Å². The lowest BCUT2D eigenvalue weighted by Crippen LogP contribution is -2.03. The Kier molecular flexibility index (Phi) is 2.51. The molecule has 1 rings (SSSR count). The van der Waals surface area contributed by atoms with Crippen molar-refractivity contribution in [1.82, 2.24) is 5.32 Å². The van der Waals surface area contributed by atoms with Crippen LogP contribution >= 0.6 is 0 Å². The monoisotopic (exact) mass is 145 g/mol. The Hall–Kier alpha value is -1.49. The molecule has 0 saturated heterocycles. The molecule has 0 bridgehead atoms. The van der Waals surface area contributed by atoms with E-state index < -0.39 is 0 Å². The van der Waals surface area contributed by atoms with E-state index in [1.807, 2.05) is 37.3 Å². The quantitative estimate of drug-likeness (QED) is 0.585. The van der Waals surface area contributed by atoms with Crippen LogP contribution in [0.25, 0.3) is 0 Å².